The molecule has 1 saturated carbocycles. The Hall–Kier alpha value is -2.30. The topological polar surface area (TPSA) is 66.2 Å². The van der Waals surface area contributed by atoms with E-state index in [-0.39, 0.29) is 17.4 Å². The van der Waals surface area contributed by atoms with E-state index >= 15 is 0 Å². The minimum Gasteiger partial charge on any atom is -0.393 e. The van der Waals surface area contributed by atoms with Crippen LogP contribution in [0.5, 0.6) is 0 Å². The summed E-state index contributed by atoms with van der Waals surface area (Å²) >= 11 is 0. The van der Waals surface area contributed by atoms with Crippen LogP contribution in [0.15, 0.2) is 60.1 Å². The Bertz CT molecular complexity index is 1150. The second-order valence-corrected chi connectivity index (χ2v) is 10.3. The summed E-state index contributed by atoms with van der Waals surface area (Å²) < 4.78 is 0. The number of hydrogen-bond acceptors (Lipinski definition) is 4. The Balaban J connectivity index is 1.38. The van der Waals surface area contributed by atoms with Crippen LogP contribution in [0.2, 0.25) is 0 Å². The maximum Gasteiger partial charge on any atom is 0.116 e. The van der Waals surface area contributed by atoms with E-state index in [1.54, 1.807) is 6.33 Å². The van der Waals surface area contributed by atoms with Gasteiger partial charge in [0.1, 0.15) is 6.33 Å². The van der Waals surface area contributed by atoms with Crippen LogP contribution in [0.3, 0.4) is 0 Å². The highest BCUT2D eigenvalue weighted by atomic mass is 16.3. The fourth-order valence-corrected chi connectivity index (χ4v) is 6.91. The molecule has 1 aromatic heterocycles. The molecule has 31 heavy (non-hydrogen) atoms. The fraction of sp³-hybridized carbons (Fsp3) is 0.481. The lowest BCUT2D eigenvalue weighted by Crippen LogP contribution is -2.48. The third kappa shape index (κ3) is 2.88. The quantitative estimate of drug-likeness (QED) is 0.691. The molecule has 0 aliphatic heterocycles. The zero-order valence-electron chi connectivity index (χ0n) is 18.1. The van der Waals surface area contributed by atoms with Crippen LogP contribution in [-0.2, 0) is 0 Å². The van der Waals surface area contributed by atoms with Crippen molar-refractivity contribution in [1.29, 1.82) is 0 Å². The first-order chi connectivity index (χ1) is 15.0. The molecular weight excluding hydrogens is 384 g/mol. The van der Waals surface area contributed by atoms with Crippen LogP contribution in [0.1, 0.15) is 57.4 Å². The van der Waals surface area contributed by atoms with Crippen molar-refractivity contribution in [2.45, 2.75) is 63.6 Å². The monoisotopic (exact) mass is 414 g/mol. The number of aliphatic hydroxyl groups excluding tert-OH is 1. The molecule has 4 heteroatoms. The summed E-state index contributed by atoms with van der Waals surface area (Å²) in [5.74, 6) is 0.694. The van der Waals surface area contributed by atoms with Gasteiger partial charge in [-0.2, -0.15) is 0 Å². The second kappa shape index (κ2) is 6.85. The molecule has 0 bridgehead atoms. The summed E-state index contributed by atoms with van der Waals surface area (Å²) in [6, 6.07) is 6.45. The Kier molecular flexibility index (Phi) is 4.28. The van der Waals surface area contributed by atoms with Gasteiger partial charge in [0.15, 0.2) is 0 Å². The van der Waals surface area contributed by atoms with E-state index in [1.165, 1.54) is 16.7 Å². The second-order valence-electron chi connectivity index (χ2n) is 10.3. The molecule has 5 atom stereocenters. The average molecular weight is 415 g/mol. The maximum atomic E-state index is 12.1. The molecule has 4 unspecified atom stereocenters. The van der Waals surface area contributed by atoms with Crippen molar-refractivity contribution in [3.63, 3.8) is 0 Å². The summed E-state index contributed by atoms with van der Waals surface area (Å²) in [5.41, 5.74) is 5.10. The lowest BCUT2D eigenvalue weighted by atomic mass is 9.58. The van der Waals surface area contributed by atoms with Gasteiger partial charge in [-0.05, 0) is 79.7 Å². The van der Waals surface area contributed by atoms with Crippen LogP contribution in [0.4, 0.5) is 0 Å². The zero-order valence-corrected chi connectivity index (χ0v) is 18.1. The Morgan fingerprint density at radius 2 is 2.03 bits per heavy atom. The molecule has 1 fully saturated rings. The van der Waals surface area contributed by atoms with Crippen molar-refractivity contribution in [3.8, 4) is 0 Å². The highest BCUT2D eigenvalue weighted by Gasteiger charge is 2.55. The van der Waals surface area contributed by atoms with Gasteiger partial charge in [-0.1, -0.05) is 36.8 Å². The van der Waals surface area contributed by atoms with E-state index in [9.17, 15) is 10.2 Å². The minimum absolute atomic E-state index is 0.0882. The third-order valence-corrected chi connectivity index (χ3v) is 8.64. The molecule has 0 saturated heterocycles. The number of rotatable bonds is 1. The molecule has 2 aromatic rings. The summed E-state index contributed by atoms with van der Waals surface area (Å²) in [7, 11) is 0. The highest BCUT2D eigenvalue weighted by Crippen LogP contribution is 2.61. The van der Waals surface area contributed by atoms with Gasteiger partial charge in [-0.3, -0.25) is 0 Å². The van der Waals surface area contributed by atoms with Crippen LogP contribution in [0, 0.1) is 17.3 Å². The summed E-state index contributed by atoms with van der Waals surface area (Å²) in [6.07, 6.45) is 16.5. The molecule has 1 aromatic carbocycles. The highest BCUT2D eigenvalue weighted by molar-refractivity contribution is 5.84. The molecule has 0 radical (unpaired) electrons. The first kappa shape index (κ1) is 19.4. The van der Waals surface area contributed by atoms with Gasteiger partial charge in [-0.15, -0.1) is 0 Å². The summed E-state index contributed by atoms with van der Waals surface area (Å²) in [5, 5.41) is 23.4. The van der Waals surface area contributed by atoms with Crippen LogP contribution in [-0.4, -0.2) is 31.9 Å². The molecular formula is C27H30N2O2. The summed E-state index contributed by atoms with van der Waals surface area (Å²) in [4.78, 5) is 8.55. The number of fused-ring (bicyclic) bond motifs is 5. The van der Waals surface area contributed by atoms with Crippen molar-refractivity contribution in [3.05, 3.63) is 65.7 Å². The number of hydrogen-bond donors (Lipinski definition) is 2. The largest absolute Gasteiger partial charge is 0.393 e. The van der Waals surface area contributed by atoms with Gasteiger partial charge in [0.25, 0.3) is 0 Å². The van der Waals surface area contributed by atoms with E-state index in [4.69, 9.17) is 0 Å². The first-order valence-electron chi connectivity index (χ1n) is 11.7. The number of benzene rings is 1. The lowest BCUT2D eigenvalue weighted by Gasteiger charge is -2.48. The predicted molar refractivity (Wildman–Crippen MR) is 122 cm³/mol. The molecule has 0 spiro atoms. The lowest BCUT2D eigenvalue weighted by molar-refractivity contribution is -0.0330. The number of allylic oxidation sites excluding steroid dienone is 3. The van der Waals surface area contributed by atoms with Crippen molar-refractivity contribution >= 4 is 16.5 Å². The normalized spacial score (nSPS) is 37.1. The minimum atomic E-state index is -0.791. The fourth-order valence-electron chi connectivity index (χ4n) is 6.91. The van der Waals surface area contributed by atoms with Crippen molar-refractivity contribution in [2.75, 3.05) is 0 Å². The molecule has 4 aliphatic rings. The first-order valence-corrected chi connectivity index (χ1v) is 11.7. The molecule has 6 rings (SSSR count). The molecule has 0 amide bonds. The van der Waals surface area contributed by atoms with Crippen LogP contribution < -0.4 is 0 Å². The predicted octanol–water partition coefficient (Wildman–Crippen LogP) is 4.98. The van der Waals surface area contributed by atoms with E-state index in [2.05, 4.69) is 53.3 Å². The molecule has 2 N–H and O–H groups in total. The smallest absolute Gasteiger partial charge is 0.116 e. The van der Waals surface area contributed by atoms with E-state index in [0.717, 1.165) is 61.4 Å². The number of nitrogens with zero attached hydrogens (tertiary/aromatic N) is 2. The third-order valence-electron chi connectivity index (χ3n) is 8.64. The van der Waals surface area contributed by atoms with E-state index < -0.39 is 5.60 Å². The molecule has 1 heterocycles. The van der Waals surface area contributed by atoms with Gasteiger partial charge in [0.2, 0.25) is 0 Å². The van der Waals surface area contributed by atoms with Crippen molar-refractivity contribution in [2.24, 2.45) is 17.3 Å². The van der Waals surface area contributed by atoms with E-state index in [1.807, 2.05) is 6.20 Å². The number of aliphatic hydroxyl groups is 2. The van der Waals surface area contributed by atoms with Crippen molar-refractivity contribution in [1.82, 2.24) is 9.97 Å². The summed E-state index contributed by atoms with van der Waals surface area (Å²) in [6.45, 7) is 2.34. The van der Waals surface area contributed by atoms with Crippen molar-refractivity contribution < 1.29 is 10.2 Å². The molecule has 4 aliphatic carbocycles. The molecule has 4 nitrogen and oxygen atoms in total. The Morgan fingerprint density at radius 3 is 2.94 bits per heavy atom. The number of aromatic nitrogens is 2. The van der Waals surface area contributed by atoms with Gasteiger partial charge < -0.3 is 10.2 Å². The maximum absolute atomic E-state index is 12.1. The Morgan fingerprint density at radius 1 is 1.13 bits per heavy atom. The standard InChI is InChI=1S/C27H30N2O2/c1-26-10-9-21-13-19-14-22(30)4-2-17(19)8-11-27(21,31)25(26)7-5-23(26)18-3-6-24-20(12-18)15-28-16-29-24/h3,5-6,9,12-13,15-17,22,25,30-31H,2,4,7-8,10-11,14H2,1H3/t17?,22?,25?,26?,27-/m1/s1. The van der Waals surface area contributed by atoms with Gasteiger partial charge >= 0.3 is 0 Å². The molecule has 160 valence electrons. The van der Waals surface area contributed by atoms with Gasteiger partial charge in [0.05, 0.1) is 17.2 Å². The zero-order chi connectivity index (χ0) is 21.2. The average Bonchev–Trinajstić information content (AvgIpc) is 3.06. The SMILES string of the molecule is CC12CC=C3C=C4CC(O)CCC4CC[C@]3(O)C1CC=C2c1ccc2ncncc2c1. The van der Waals surface area contributed by atoms with Gasteiger partial charge in [0, 0.05) is 22.9 Å². The van der Waals surface area contributed by atoms with Crippen LogP contribution >= 0.6 is 0 Å². The van der Waals surface area contributed by atoms with E-state index in [0.29, 0.717) is 5.92 Å². The van der Waals surface area contributed by atoms with Gasteiger partial charge in [-0.25, -0.2) is 9.97 Å². The Labute approximate surface area is 183 Å². The van der Waals surface area contributed by atoms with Crippen LogP contribution in [0.25, 0.3) is 16.5 Å².